The Hall–Kier alpha value is -3.32. The van der Waals surface area contributed by atoms with Crippen LogP contribution in [0.3, 0.4) is 0 Å². The van der Waals surface area contributed by atoms with Crippen molar-refractivity contribution < 1.29 is 13.9 Å². The van der Waals surface area contributed by atoms with Crippen molar-refractivity contribution in [2.45, 2.75) is 13.0 Å². The van der Waals surface area contributed by atoms with Crippen molar-refractivity contribution in [3.63, 3.8) is 0 Å². The highest BCUT2D eigenvalue weighted by molar-refractivity contribution is 7.07. The van der Waals surface area contributed by atoms with Crippen molar-refractivity contribution >= 4 is 23.4 Å². The summed E-state index contributed by atoms with van der Waals surface area (Å²) in [7, 11) is 1.31. The maximum Gasteiger partial charge on any atom is 0.338 e. The molecule has 4 rings (SSSR count). The van der Waals surface area contributed by atoms with Crippen molar-refractivity contribution in [3.05, 3.63) is 102 Å². The van der Waals surface area contributed by atoms with Crippen molar-refractivity contribution in [2.75, 3.05) is 7.11 Å². The van der Waals surface area contributed by atoms with E-state index in [1.807, 2.05) is 30.3 Å². The highest BCUT2D eigenvalue weighted by Crippen LogP contribution is 2.30. The zero-order valence-corrected chi connectivity index (χ0v) is 16.6. The Morgan fingerprint density at radius 2 is 1.97 bits per heavy atom. The average molecular weight is 408 g/mol. The van der Waals surface area contributed by atoms with Crippen molar-refractivity contribution in [3.8, 4) is 0 Å². The summed E-state index contributed by atoms with van der Waals surface area (Å²) in [6.45, 7) is 1.73. The van der Waals surface area contributed by atoms with E-state index >= 15 is 0 Å². The van der Waals surface area contributed by atoms with Crippen LogP contribution in [0.5, 0.6) is 0 Å². The molecule has 0 bridgehead atoms. The van der Waals surface area contributed by atoms with Crippen LogP contribution in [0.2, 0.25) is 0 Å². The molecule has 2 aromatic carbocycles. The molecule has 1 aromatic heterocycles. The molecule has 3 aromatic rings. The van der Waals surface area contributed by atoms with E-state index in [9.17, 15) is 14.0 Å². The summed E-state index contributed by atoms with van der Waals surface area (Å²) in [5.41, 5.74) is 1.89. The van der Waals surface area contributed by atoms with E-state index in [2.05, 4.69) is 4.99 Å². The van der Waals surface area contributed by atoms with E-state index in [1.165, 1.54) is 35.1 Å². The van der Waals surface area contributed by atoms with Gasteiger partial charge in [-0.3, -0.25) is 9.36 Å². The Kier molecular flexibility index (Phi) is 4.98. The van der Waals surface area contributed by atoms with Gasteiger partial charge >= 0.3 is 5.97 Å². The fraction of sp³-hybridized carbons (Fsp3) is 0.136. The number of rotatable bonds is 3. The molecule has 0 unspecified atom stereocenters. The standard InChI is InChI=1S/C22H17FN2O3S/c1-13-18(21(27)28-2)19(15-8-4-3-5-9-15)25-20(26)17(29-22(25)24-13)12-14-7-6-10-16(23)11-14/h3-12,19H,1-2H3/b17-12+/t19-/m0/s1. The monoisotopic (exact) mass is 408 g/mol. The van der Waals surface area contributed by atoms with Crippen LogP contribution in [-0.4, -0.2) is 17.6 Å². The van der Waals surface area contributed by atoms with Crippen LogP contribution in [0.1, 0.15) is 24.1 Å². The summed E-state index contributed by atoms with van der Waals surface area (Å²) in [6, 6.07) is 14.7. The topological polar surface area (TPSA) is 60.7 Å². The molecule has 2 heterocycles. The summed E-state index contributed by atoms with van der Waals surface area (Å²) < 4.78 is 20.4. The Bertz CT molecular complexity index is 1310. The molecule has 146 valence electrons. The number of nitrogens with zero attached hydrogens (tertiary/aromatic N) is 2. The van der Waals surface area contributed by atoms with Crippen molar-refractivity contribution in [1.29, 1.82) is 0 Å². The first-order valence-electron chi connectivity index (χ1n) is 8.91. The zero-order chi connectivity index (χ0) is 20.5. The van der Waals surface area contributed by atoms with E-state index in [0.717, 1.165) is 5.56 Å². The van der Waals surface area contributed by atoms with Crippen molar-refractivity contribution in [2.24, 2.45) is 4.99 Å². The number of hydrogen-bond acceptors (Lipinski definition) is 5. The van der Waals surface area contributed by atoms with Gasteiger partial charge in [0, 0.05) is 0 Å². The van der Waals surface area contributed by atoms with Gasteiger partial charge in [-0.05, 0) is 36.3 Å². The SMILES string of the molecule is COC(=O)C1=C(C)N=c2s/c(=C/c3cccc(F)c3)c(=O)n2[C@H]1c1ccccc1. The van der Waals surface area contributed by atoms with Gasteiger partial charge < -0.3 is 4.74 Å². The molecule has 0 spiro atoms. The van der Waals surface area contributed by atoms with Gasteiger partial charge in [-0.2, -0.15) is 0 Å². The zero-order valence-electron chi connectivity index (χ0n) is 15.8. The number of halogens is 1. The molecule has 0 N–H and O–H groups in total. The third-order valence-electron chi connectivity index (χ3n) is 4.69. The van der Waals surface area contributed by atoms with Gasteiger partial charge in [0.1, 0.15) is 5.82 Å². The van der Waals surface area contributed by atoms with Gasteiger partial charge in [-0.15, -0.1) is 0 Å². The smallest absolute Gasteiger partial charge is 0.338 e. The van der Waals surface area contributed by atoms with Crippen LogP contribution in [-0.2, 0) is 9.53 Å². The maximum atomic E-state index is 13.5. The van der Waals surface area contributed by atoms with Gasteiger partial charge in [0.25, 0.3) is 5.56 Å². The Morgan fingerprint density at radius 1 is 1.21 bits per heavy atom. The molecule has 0 amide bonds. The lowest BCUT2D eigenvalue weighted by Crippen LogP contribution is -2.39. The van der Waals surface area contributed by atoms with E-state index in [4.69, 9.17) is 4.74 Å². The van der Waals surface area contributed by atoms with Crippen LogP contribution in [0, 0.1) is 5.82 Å². The Labute approximate surface area is 169 Å². The number of esters is 1. The lowest BCUT2D eigenvalue weighted by atomic mass is 9.96. The van der Waals surface area contributed by atoms with Crippen LogP contribution in [0.25, 0.3) is 6.08 Å². The fourth-order valence-corrected chi connectivity index (χ4v) is 4.44. The number of carbonyl (C=O) groups is 1. The summed E-state index contributed by atoms with van der Waals surface area (Å²) in [4.78, 5) is 30.7. The summed E-state index contributed by atoms with van der Waals surface area (Å²) >= 11 is 1.21. The predicted octanol–water partition coefficient (Wildman–Crippen LogP) is 2.55. The van der Waals surface area contributed by atoms with E-state index in [0.29, 0.717) is 26.2 Å². The second kappa shape index (κ2) is 7.60. The fourth-order valence-electron chi connectivity index (χ4n) is 3.39. The molecule has 1 atom stereocenters. The molecule has 0 fully saturated rings. The number of ether oxygens (including phenoxy) is 1. The largest absolute Gasteiger partial charge is 0.466 e. The number of benzene rings is 2. The summed E-state index contributed by atoms with van der Waals surface area (Å²) in [5.74, 6) is -0.906. The number of carbonyl (C=O) groups excluding carboxylic acids is 1. The van der Waals surface area contributed by atoms with Crippen LogP contribution >= 0.6 is 11.3 Å². The number of thiazole rings is 1. The molecule has 1 aliphatic rings. The molecular formula is C22H17FN2O3S. The molecule has 0 saturated heterocycles. The molecule has 29 heavy (non-hydrogen) atoms. The van der Waals surface area contributed by atoms with Gasteiger partial charge in [-0.25, -0.2) is 14.2 Å². The number of allylic oxidation sites excluding steroid dienone is 1. The molecular weight excluding hydrogens is 391 g/mol. The lowest BCUT2D eigenvalue weighted by Gasteiger charge is -2.24. The minimum Gasteiger partial charge on any atom is -0.466 e. The van der Waals surface area contributed by atoms with Crippen molar-refractivity contribution in [1.82, 2.24) is 4.57 Å². The van der Waals surface area contributed by atoms with E-state index in [1.54, 1.807) is 25.1 Å². The number of fused-ring (bicyclic) bond motifs is 1. The molecule has 1 aliphatic heterocycles. The quantitative estimate of drug-likeness (QED) is 0.626. The molecule has 5 nitrogen and oxygen atoms in total. The Balaban J connectivity index is 1.98. The highest BCUT2D eigenvalue weighted by atomic mass is 32.1. The van der Waals surface area contributed by atoms with Gasteiger partial charge in [-0.1, -0.05) is 53.8 Å². The third kappa shape index (κ3) is 3.45. The second-order valence-corrected chi connectivity index (χ2v) is 7.55. The molecule has 0 aliphatic carbocycles. The first kappa shape index (κ1) is 19.0. The predicted molar refractivity (Wildman–Crippen MR) is 109 cm³/mol. The Morgan fingerprint density at radius 3 is 2.66 bits per heavy atom. The first-order valence-corrected chi connectivity index (χ1v) is 9.72. The highest BCUT2D eigenvalue weighted by Gasteiger charge is 2.32. The van der Waals surface area contributed by atoms with Crippen LogP contribution < -0.4 is 14.9 Å². The number of aromatic nitrogens is 1. The number of hydrogen-bond donors (Lipinski definition) is 0. The second-order valence-electron chi connectivity index (χ2n) is 6.54. The molecule has 0 radical (unpaired) electrons. The third-order valence-corrected chi connectivity index (χ3v) is 5.67. The van der Waals surface area contributed by atoms with Crippen LogP contribution in [0.4, 0.5) is 4.39 Å². The minimum absolute atomic E-state index is 0.291. The van der Waals surface area contributed by atoms with E-state index in [-0.39, 0.29) is 11.4 Å². The first-order chi connectivity index (χ1) is 14.0. The normalized spacial score (nSPS) is 16.4. The van der Waals surface area contributed by atoms with Gasteiger partial charge in [0.15, 0.2) is 4.80 Å². The van der Waals surface area contributed by atoms with E-state index < -0.39 is 12.0 Å². The van der Waals surface area contributed by atoms with Gasteiger partial charge in [0.2, 0.25) is 0 Å². The van der Waals surface area contributed by atoms with Gasteiger partial charge in [0.05, 0.1) is 29.0 Å². The van der Waals surface area contributed by atoms with Crippen LogP contribution in [0.15, 0.2) is 75.7 Å². The maximum absolute atomic E-state index is 13.5. The minimum atomic E-state index is -0.644. The lowest BCUT2D eigenvalue weighted by molar-refractivity contribution is -0.136. The molecule has 7 heteroatoms. The average Bonchev–Trinajstić information content (AvgIpc) is 3.02. The molecule has 0 saturated carbocycles. The summed E-state index contributed by atoms with van der Waals surface area (Å²) in [5, 5.41) is 0. The summed E-state index contributed by atoms with van der Waals surface area (Å²) in [6.07, 6.45) is 1.63. The number of methoxy groups -OCH3 is 1.